The third-order valence-electron chi connectivity index (χ3n) is 4.97. The highest BCUT2D eigenvalue weighted by Gasteiger charge is 2.22. The molecule has 1 aromatic heterocycles. The molecule has 25 heavy (non-hydrogen) atoms. The minimum Gasteiger partial charge on any atom is -0.497 e. The average molecular weight is 345 g/mol. The Labute approximate surface area is 148 Å². The SMILES string of the molecule is COc1ccc2oc([C@H](C)NC(=O)NC3CCN(C)CC3)c(C)c2c1. The van der Waals surface area contributed by atoms with E-state index in [9.17, 15) is 4.79 Å². The fourth-order valence-corrected chi connectivity index (χ4v) is 3.40. The normalized spacial score (nSPS) is 17.4. The molecule has 0 aliphatic carbocycles. The number of ether oxygens (including phenoxy) is 1. The minimum absolute atomic E-state index is 0.139. The molecule has 2 amide bonds. The standard InChI is InChI=1S/C19H27N3O3/c1-12-16-11-15(24-4)5-6-17(16)25-18(12)13(2)20-19(23)21-14-7-9-22(3)10-8-14/h5-6,11,13-14H,7-10H2,1-4H3,(H2,20,21,23)/t13-/m0/s1. The largest absolute Gasteiger partial charge is 0.497 e. The molecule has 6 heteroatoms. The molecule has 1 saturated heterocycles. The van der Waals surface area contributed by atoms with Gasteiger partial charge in [-0.3, -0.25) is 0 Å². The maximum Gasteiger partial charge on any atom is 0.315 e. The second kappa shape index (κ2) is 7.35. The zero-order valence-corrected chi connectivity index (χ0v) is 15.4. The van der Waals surface area contributed by atoms with Crippen LogP contribution in [0.25, 0.3) is 11.0 Å². The first-order valence-electron chi connectivity index (χ1n) is 8.80. The fourth-order valence-electron chi connectivity index (χ4n) is 3.40. The van der Waals surface area contributed by atoms with E-state index in [0.717, 1.165) is 54.0 Å². The van der Waals surface area contributed by atoms with Crippen LogP contribution in [0.5, 0.6) is 5.75 Å². The number of hydrogen-bond acceptors (Lipinski definition) is 4. The minimum atomic E-state index is -0.204. The van der Waals surface area contributed by atoms with E-state index in [2.05, 4.69) is 22.6 Å². The predicted molar refractivity (Wildman–Crippen MR) is 98.1 cm³/mol. The number of furan rings is 1. The Kier molecular flexibility index (Phi) is 5.18. The number of aryl methyl sites for hydroxylation is 1. The van der Waals surface area contributed by atoms with Crippen LogP contribution < -0.4 is 15.4 Å². The molecule has 1 atom stereocenters. The summed E-state index contributed by atoms with van der Waals surface area (Å²) in [6.07, 6.45) is 1.98. The van der Waals surface area contributed by atoms with E-state index >= 15 is 0 Å². The summed E-state index contributed by atoms with van der Waals surface area (Å²) in [4.78, 5) is 14.6. The number of benzene rings is 1. The highest BCUT2D eigenvalue weighted by Crippen LogP contribution is 2.31. The molecular weight excluding hydrogens is 318 g/mol. The lowest BCUT2D eigenvalue weighted by molar-refractivity contribution is 0.211. The lowest BCUT2D eigenvalue weighted by Crippen LogP contribution is -2.47. The maximum absolute atomic E-state index is 12.3. The zero-order valence-electron chi connectivity index (χ0n) is 15.4. The summed E-state index contributed by atoms with van der Waals surface area (Å²) in [5.74, 6) is 1.57. The number of rotatable bonds is 4. The van der Waals surface area contributed by atoms with Crippen LogP contribution in [0.4, 0.5) is 4.79 Å². The molecule has 0 spiro atoms. The molecule has 2 heterocycles. The smallest absolute Gasteiger partial charge is 0.315 e. The summed E-state index contributed by atoms with van der Waals surface area (Å²) in [7, 11) is 3.76. The quantitative estimate of drug-likeness (QED) is 0.893. The Morgan fingerprint density at radius 3 is 2.76 bits per heavy atom. The zero-order chi connectivity index (χ0) is 18.0. The molecule has 0 saturated carbocycles. The molecule has 1 fully saturated rings. The molecule has 0 radical (unpaired) electrons. The van der Waals surface area contributed by atoms with Crippen LogP contribution in [-0.4, -0.2) is 44.2 Å². The van der Waals surface area contributed by atoms with Crippen LogP contribution >= 0.6 is 0 Å². The summed E-state index contributed by atoms with van der Waals surface area (Å²) in [5.41, 5.74) is 1.83. The highest BCUT2D eigenvalue weighted by molar-refractivity contribution is 5.84. The molecule has 0 bridgehead atoms. The number of piperidine rings is 1. The van der Waals surface area contributed by atoms with Crippen molar-refractivity contribution in [2.24, 2.45) is 0 Å². The van der Waals surface area contributed by atoms with Gasteiger partial charge in [0, 0.05) is 17.0 Å². The van der Waals surface area contributed by atoms with Crippen LogP contribution in [0.2, 0.25) is 0 Å². The van der Waals surface area contributed by atoms with E-state index in [1.165, 1.54) is 0 Å². The Morgan fingerprint density at radius 1 is 1.36 bits per heavy atom. The molecule has 1 aliphatic rings. The van der Waals surface area contributed by atoms with Gasteiger partial charge < -0.3 is 24.7 Å². The van der Waals surface area contributed by atoms with Crippen molar-refractivity contribution < 1.29 is 13.9 Å². The Balaban J connectivity index is 1.66. The number of amides is 2. The molecule has 1 aliphatic heterocycles. The predicted octanol–water partition coefficient (Wildman–Crippen LogP) is 3.20. The van der Waals surface area contributed by atoms with Gasteiger partial charge in [-0.1, -0.05) is 0 Å². The third-order valence-corrected chi connectivity index (χ3v) is 4.97. The van der Waals surface area contributed by atoms with Crippen molar-refractivity contribution in [1.82, 2.24) is 15.5 Å². The van der Waals surface area contributed by atoms with Crippen molar-refractivity contribution >= 4 is 17.0 Å². The highest BCUT2D eigenvalue weighted by atomic mass is 16.5. The van der Waals surface area contributed by atoms with E-state index < -0.39 is 0 Å². The summed E-state index contributed by atoms with van der Waals surface area (Å²) in [6.45, 7) is 5.99. The third kappa shape index (κ3) is 3.90. The summed E-state index contributed by atoms with van der Waals surface area (Å²) in [5, 5.41) is 7.08. The monoisotopic (exact) mass is 345 g/mol. The van der Waals surface area contributed by atoms with Gasteiger partial charge in [0.05, 0.1) is 13.2 Å². The van der Waals surface area contributed by atoms with Gasteiger partial charge >= 0.3 is 6.03 Å². The number of carbonyl (C=O) groups is 1. The maximum atomic E-state index is 12.3. The molecule has 6 nitrogen and oxygen atoms in total. The van der Waals surface area contributed by atoms with Crippen LogP contribution in [0.15, 0.2) is 22.6 Å². The van der Waals surface area contributed by atoms with Crippen LogP contribution in [0.3, 0.4) is 0 Å². The van der Waals surface area contributed by atoms with Crippen molar-refractivity contribution in [3.8, 4) is 5.75 Å². The molecule has 1 aromatic carbocycles. The summed E-state index contributed by atoms with van der Waals surface area (Å²) < 4.78 is 11.2. The Bertz CT molecular complexity index is 748. The van der Waals surface area contributed by atoms with Gasteiger partial charge in [-0.2, -0.15) is 0 Å². The molecule has 0 unspecified atom stereocenters. The van der Waals surface area contributed by atoms with Crippen molar-refractivity contribution in [2.45, 2.75) is 38.8 Å². The van der Waals surface area contributed by atoms with Crippen LogP contribution in [0.1, 0.15) is 37.1 Å². The molecule has 2 N–H and O–H groups in total. The lowest BCUT2D eigenvalue weighted by atomic mass is 10.1. The van der Waals surface area contributed by atoms with Gasteiger partial charge in [-0.25, -0.2) is 4.79 Å². The summed E-state index contributed by atoms with van der Waals surface area (Å²) >= 11 is 0. The van der Waals surface area contributed by atoms with Crippen molar-refractivity contribution in [1.29, 1.82) is 0 Å². The van der Waals surface area contributed by atoms with E-state index in [1.54, 1.807) is 7.11 Å². The van der Waals surface area contributed by atoms with E-state index in [1.807, 2.05) is 32.0 Å². The van der Waals surface area contributed by atoms with Gasteiger partial charge in [0.25, 0.3) is 0 Å². The fraction of sp³-hybridized carbons (Fsp3) is 0.526. The number of nitrogens with zero attached hydrogens (tertiary/aromatic N) is 1. The number of methoxy groups -OCH3 is 1. The van der Waals surface area contributed by atoms with Gasteiger partial charge in [0.2, 0.25) is 0 Å². The molecule has 3 rings (SSSR count). The van der Waals surface area contributed by atoms with Crippen molar-refractivity contribution in [3.63, 3.8) is 0 Å². The first kappa shape index (κ1) is 17.6. The Morgan fingerprint density at radius 2 is 2.08 bits per heavy atom. The second-order valence-corrected chi connectivity index (χ2v) is 6.87. The second-order valence-electron chi connectivity index (χ2n) is 6.87. The van der Waals surface area contributed by atoms with E-state index in [-0.39, 0.29) is 18.1 Å². The lowest BCUT2D eigenvalue weighted by Gasteiger charge is -2.29. The molecular formula is C19H27N3O3. The number of nitrogens with one attached hydrogen (secondary N) is 2. The Hall–Kier alpha value is -2.21. The first-order chi connectivity index (χ1) is 12.0. The molecule has 136 valence electrons. The van der Waals surface area contributed by atoms with Gasteiger partial charge in [-0.05, 0) is 65.0 Å². The molecule has 2 aromatic rings. The van der Waals surface area contributed by atoms with Crippen molar-refractivity contribution in [3.05, 3.63) is 29.5 Å². The number of carbonyl (C=O) groups excluding carboxylic acids is 1. The first-order valence-corrected chi connectivity index (χ1v) is 8.80. The number of urea groups is 1. The number of hydrogen-bond donors (Lipinski definition) is 2. The van der Waals surface area contributed by atoms with Gasteiger partial charge in [0.15, 0.2) is 0 Å². The van der Waals surface area contributed by atoms with E-state index in [0.29, 0.717) is 0 Å². The number of likely N-dealkylation sites (tertiary alicyclic amines) is 1. The van der Waals surface area contributed by atoms with Gasteiger partial charge in [-0.15, -0.1) is 0 Å². The topological polar surface area (TPSA) is 66.7 Å². The van der Waals surface area contributed by atoms with Crippen molar-refractivity contribution in [2.75, 3.05) is 27.2 Å². The average Bonchev–Trinajstić information content (AvgIpc) is 2.93. The van der Waals surface area contributed by atoms with Crippen LogP contribution in [0, 0.1) is 6.92 Å². The van der Waals surface area contributed by atoms with Crippen LogP contribution in [-0.2, 0) is 0 Å². The summed E-state index contributed by atoms with van der Waals surface area (Å²) in [6, 6.07) is 5.63. The van der Waals surface area contributed by atoms with Gasteiger partial charge in [0.1, 0.15) is 17.1 Å². The van der Waals surface area contributed by atoms with E-state index in [4.69, 9.17) is 9.15 Å². The number of fused-ring (bicyclic) bond motifs is 1.